The number of carbonyl (C=O) groups is 1. The number of ether oxygens (including phenoxy) is 1. The average Bonchev–Trinajstić information content (AvgIpc) is 3.19. The molecular formula is C23H16F2N4O2. The molecule has 2 heterocycles. The number of fused-ring (bicyclic) bond motifs is 1. The Bertz CT molecular complexity index is 1260. The third-order valence-corrected chi connectivity index (χ3v) is 4.57. The van der Waals surface area contributed by atoms with Gasteiger partial charge in [-0.2, -0.15) is 5.26 Å². The molecule has 31 heavy (non-hydrogen) atoms. The Balaban J connectivity index is 1.45. The molecule has 0 fully saturated rings. The number of nitrogens with one attached hydrogen (secondary N) is 1. The van der Waals surface area contributed by atoms with Gasteiger partial charge in [0.2, 0.25) is 0 Å². The first-order valence-corrected chi connectivity index (χ1v) is 9.34. The topological polar surface area (TPSA) is 79.4 Å². The highest BCUT2D eigenvalue weighted by Crippen LogP contribution is 2.20. The quantitative estimate of drug-likeness (QED) is 0.509. The van der Waals surface area contributed by atoms with Gasteiger partial charge in [-0.1, -0.05) is 18.2 Å². The number of hydrogen-bond donors (Lipinski definition) is 1. The number of halogens is 2. The fourth-order valence-electron chi connectivity index (χ4n) is 3.07. The van der Waals surface area contributed by atoms with Crippen LogP contribution in [0.3, 0.4) is 0 Å². The van der Waals surface area contributed by atoms with E-state index < -0.39 is 23.6 Å². The largest absolute Gasteiger partial charge is 0.487 e. The predicted octanol–water partition coefficient (Wildman–Crippen LogP) is 4.19. The van der Waals surface area contributed by atoms with Crippen molar-refractivity contribution in [2.75, 3.05) is 0 Å². The first-order valence-electron chi connectivity index (χ1n) is 9.34. The molecule has 2 aromatic heterocycles. The average molecular weight is 418 g/mol. The molecule has 0 aliphatic carbocycles. The molecule has 1 N–H and O–H groups in total. The van der Waals surface area contributed by atoms with E-state index in [0.717, 1.165) is 23.5 Å². The number of hydrogen-bond acceptors (Lipinski definition) is 4. The van der Waals surface area contributed by atoms with E-state index in [0.29, 0.717) is 11.8 Å². The van der Waals surface area contributed by atoms with Gasteiger partial charge >= 0.3 is 0 Å². The van der Waals surface area contributed by atoms with Gasteiger partial charge in [0.15, 0.2) is 0 Å². The molecular weight excluding hydrogens is 402 g/mol. The molecule has 1 atom stereocenters. The summed E-state index contributed by atoms with van der Waals surface area (Å²) in [6.45, 7) is 0.203. The van der Waals surface area contributed by atoms with Crippen LogP contribution in [0.4, 0.5) is 8.78 Å². The number of amides is 1. The Morgan fingerprint density at radius 3 is 2.81 bits per heavy atom. The van der Waals surface area contributed by atoms with E-state index in [1.165, 1.54) is 6.07 Å². The zero-order chi connectivity index (χ0) is 21.8. The predicted molar refractivity (Wildman–Crippen MR) is 108 cm³/mol. The molecule has 4 aromatic rings. The first-order chi connectivity index (χ1) is 15.0. The highest BCUT2D eigenvalue weighted by atomic mass is 19.1. The minimum Gasteiger partial charge on any atom is -0.487 e. The van der Waals surface area contributed by atoms with Crippen LogP contribution < -0.4 is 10.1 Å². The maximum absolute atomic E-state index is 14.0. The van der Waals surface area contributed by atoms with Gasteiger partial charge in [0, 0.05) is 29.6 Å². The smallest absolute Gasteiger partial charge is 0.252 e. The third-order valence-electron chi connectivity index (χ3n) is 4.57. The number of rotatable bonds is 6. The van der Waals surface area contributed by atoms with E-state index in [2.05, 4.69) is 10.3 Å². The standard InChI is InChI=1S/C23H16F2N4O2/c24-16-7-8-19(20(25)11-16)21(12-26)28-23(30)15-4-3-5-18(10-15)31-14-17-13-29-9-2-1-6-22(29)27-17/h1-11,13,21H,14H2,(H,28,30). The minimum atomic E-state index is -1.27. The second-order valence-corrected chi connectivity index (χ2v) is 6.72. The van der Waals surface area contributed by atoms with Gasteiger partial charge in [-0.05, 0) is 36.4 Å². The van der Waals surface area contributed by atoms with Gasteiger partial charge in [-0.25, -0.2) is 13.8 Å². The molecule has 0 aliphatic heterocycles. The molecule has 0 spiro atoms. The molecule has 0 saturated carbocycles. The summed E-state index contributed by atoms with van der Waals surface area (Å²) >= 11 is 0. The molecule has 6 nitrogen and oxygen atoms in total. The molecule has 4 rings (SSSR count). The molecule has 154 valence electrons. The number of nitriles is 1. The molecule has 0 bridgehead atoms. The van der Waals surface area contributed by atoms with Crippen molar-refractivity contribution in [3.63, 3.8) is 0 Å². The van der Waals surface area contributed by atoms with Crippen molar-refractivity contribution in [2.24, 2.45) is 0 Å². The van der Waals surface area contributed by atoms with Crippen LogP contribution in [0.25, 0.3) is 5.65 Å². The second kappa shape index (κ2) is 8.63. The van der Waals surface area contributed by atoms with Crippen molar-refractivity contribution in [2.45, 2.75) is 12.6 Å². The molecule has 8 heteroatoms. The van der Waals surface area contributed by atoms with Crippen molar-refractivity contribution in [1.82, 2.24) is 14.7 Å². The molecule has 0 aliphatic rings. The van der Waals surface area contributed by atoms with E-state index in [1.54, 1.807) is 18.2 Å². The van der Waals surface area contributed by atoms with Crippen LogP contribution in [-0.4, -0.2) is 15.3 Å². The summed E-state index contributed by atoms with van der Waals surface area (Å²) in [7, 11) is 0. The second-order valence-electron chi connectivity index (χ2n) is 6.72. The number of nitrogens with zero attached hydrogens (tertiary/aromatic N) is 3. The van der Waals surface area contributed by atoms with Crippen molar-refractivity contribution in [3.8, 4) is 11.8 Å². The SMILES string of the molecule is N#CC(NC(=O)c1cccc(OCc2cn3ccccc3n2)c1)c1ccc(F)cc1F. The highest BCUT2D eigenvalue weighted by Gasteiger charge is 2.19. The van der Waals surface area contributed by atoms with Gasteiger partial charge in [-0.3, -0.25) is 4.79 Å². The minimum absolute atomic E-state index is 0.114. The Morgan fingerprint density at radius 1 is 1.16 bits per heavy atom. The van der Waals surface area contributed by atoms with E-state index in [4.69, 9.17) is 4.74 Å². The summed E-state index contributed by atoms with van der Waals surface area (Å²) in [6, 6.07) is 15.4. The Labute approximate surface area is 176 Å². The van der Waals surface area contributed by atoms with E-state index in [9.17, 15) is 18.8 Å². The monoisotopic (exact) mass is 418 g/mol. The molecule has 1 amide bonds. The number of benzene rings is 2. The van der Waals surface area contributed by atoms with Crippen molar-refractivity contribution in [1.29, 1.82) is 5.26 Å². The normalized spacial score (nSPS) is 11.6. The van der Waals surface area contributed by atoms with Crippen LogP contribution in [0.5, 0.6) is 5.75 Å². The van der Waals surface area contributed by atoms with Crippen molar-refractivity contribution in [3.05, 3.63) is 102 Å². The number of imidazole rings is 1. The lowest BCUT2D eigenvalue weighted by Gasteiger charge is -2.13. The van der Waals surface area contributed by atoms with Gasteiger partial charge in [0.05, 0.1) is 11.8 Å². The lowest BCUT2D eigenvalue weighted by molar-refractivity contribution is 0.0944. The zero-order valence-electron chi connectivity index (χ0n) is 16.1. The number of aromatic nitrogens is 2. The fraction of sp³-hybridized carbons (Fsp3) is 0.0870. The fourth-order valence-corrected chi connectivity index (χ4v) is 3.07. The summed E-state index contributed by atoms with van der Waals surface area (Å²) in [5.74, 6) is -1.82. The Hall–Kier alpha value is -4.25. The lowest BCUT2D eigenvalue weighted by atomic mass is 10.1. The zero-order valence-corrected chi connectivity index (χ0v) is 16.1. The van der Waals surface area contributed by atoms with Gasteiger partial charge < -0.3 is 14.5 Å². The summed E-state index contributed by atoms with van der Waals surface area (Å²) in [4.78, 5) is 17.0. The number of carbonyl (C=O) groups excluding carboxylic acids is 1. The first kappa shape index (κ1) is 20.0. The van der Waals surface area contributed by atoms with Crippen molar-refractivity contribution < 1.29 is 18.3 Å². The summed E-state index contributed by atoms with van der Waals surface area (Å²) in [6.07, 6.45) is 3.73. The van der Waals surface area contributed by atoms with Crippen LogP contribution in [0.15, 0.2) is 73.1 Å². The van der Waals surface area contributed by atoms with E-state index >= 15 is 0 Å². The van der Waals surface area contributed by atoms with Gasteiger partial charge in [0.25, 0.3) is 5.91 Å². The van der Waals surface area contributed by atoms with Crippen LogP contribution in [-0.2, 0) is 6.61 Å². The Morgan fingerprint density at radius 2 is 2.03 bits per heavy atom. The van der Waals surface area contributed by atoms with Crippen molar-refractivity contribution >= 4 is 11.6 Å². The van der Waals surface area contributed by atoms with Crippen LogP contribution >= 0.6 is 0 Å². The van der Waals surface area contributed by atoms with Crippen LogP contribution in [0, 0.1) is 23.0 Å². The number of pyridine rings is 1. The maximum atomic E-state index is 14.0. The summed E-state index contributed by atoms with van der Waals surface area (Å²) in [5, 5.41) is 11.8. The Kier molecular flexibility index (Phi) is 5.58. The van der Waals surface area contributed by atoms with Crippen LogP contribution in [0.1, 0.15) is 27.7 Å². The van der Waals surface area contributed by atoms with E-state index in [1.807, 2.05) is 41.1 Å². The summed E-state index contributed by atoms with van der Waals surface area (Å²) in [5.41, 5.74) is 1.63. The molecule has 1 unspecified atom stereocenters. The molecule has 2 aromatic carbocycles. The molecule has 0 saturated heterocycles. The van der Waals surface area contributed by atoms with Gasteiger partial charge in [-0.15, -0.1) is 0 Å². The maximum Gasteiger partial charge on any atom is 0.252 e. The molecule has 0 radical (unpaired) electrons. The summed E-state index contributed by atoms with van der Waals surface area (Å²) < 4.78 is 34.7. The lowest BCUT2D eigenvalue weighted by Crippen LogP contribution is -2.28. The highest BCUT2D eigenvalue weighted by molar-refractivity contribution is 5.95. The van der Waals surface area contributed by atoms with Crippen LogP contribution in [0.2, 0.25) is 0 Å². The van der Waals surface area contributed by atoms with Gasteiger partial charge in [0.1, 0.15) is 35.7 Å². The van der Waals surface area contributed by atoms with E-state index in [-0.39, 0.29) is 17.7 Å². The third kappa shape index (κ3) is 4.51.